The Morgan fingerprint density at radius 2 is 2.50 bits per heavy atom. The molecule has 1 heterocycles. The predicted molar refractivity (Wildman–Crippen MR) is 50.6 cm³/mol. The molecule has 1 aliphatic heterocycles. The number of nitrogens with zero attached hydrogens (tertiary/aromatic N) is 1. The SMILES string of the molecule is C=C(OC)C1=CCN(CC)C=C1. The van der Waals surface area contributed by atoms with Crippen molar-refractivity contribution in [3.8, 4) is 0 Å². The van der Waals surface area contributed by atoms with Crippen molar-refractivity contribution in [1.29, 1.82) is 0 Å². The Balaban J connectivity index is 2.57. The van der Waals surface area contributed by atoms with E-state index in [1.54, 1.807) is 7.11 Å². The van der Waals surface area contributed by atoms with Gasteiger partial charge in [-0.1, -0.05) is 12.7 Å². The summed E-state index contributed by atoms with van der Waals surface area (Å²) in [6.07, 6.45) is 6.22. The van der Waals surface area contributed by atoms with E-state index in [-0.39, 0.29) is 0 Å². The smallest absolute Gasteiger partial charge is 0.118 e. The Morgan fingerprint density at radius 1 is 1.75 bits per heavy atom. The first-order valence-corrected chi connectivity index (χ1v) is 4.13. The van der Waals surface area contributed by atoms with Gasteiger partial charge < -0.3 is 9.64 Å². The molecule has 0 saturated carbocycles. The van der Waals surface area contributed by atoms with Crippen molar-refractivity contribution < 1.29 is 4.74 Å². The Bertz CT molecular complexity index is 228. The summed E-state index contributed by atoms with van der Waals surface area (Å²) in [6.45, 7) is 7.91. The lowest BCUT2D eigenvalue weighted by Crippen LogP contribution is -2.19. The lowest BCUT2D eigenvalue weighted by Gasteiger charge is -2.20. The highest BCUT2D eigenvalue weighted by Gasteiger charge is 2.04. The lowest BCUT2D eigenvalue weighted by molar-refractivity contribution is 0.303. The highest BCUT2D eigenvalue weighted by Crippen LogP contribution is 2.14. The Labute approximate surface area is 73.8 Å². The molecule has 0 spiro atoms. The van der Waals surface area contributed by atoms with Crippen LogP contribution in [0, 0.1) is 0 Å². The van der Waals surface area contributed by atoms with Crippen LogP contribution >= 0.6 is 0 Å². The average molecular weight is 165 g/mol. The summed E-state index contributed by atoms with van der Waals surface area (Å²) < 4.78 is 5.03. The molecule has 0 aromatic heterocycles. The van der Waals surface area contributed by atoms with Crippen LogP contribution in [0.5, 0.6) is 0 Å². The minimum Gasteiger partial charge on any atom is -0.497 e. The van der Waals surface area contributed by atoms with Crippen molar-refractivity contribution in [3.05, 3.63) is 36.3 Å². The predicted octanol–water partition coefficient (Wildman–Crippen LogP) is 1.92. The molecule has 0 amide bonds. The molecule has 0 saturated heterocycles. The maximum Gasteiger partial charge on any atom is 0.118 e. The van der Waals surface area contributed by atoms with Crippen molar-refractivity contribution in [2.45, 2.75) is 6.92 Å². The van der Waals surface area contributed by atoms with Crippen LogP contribution in [0.2, 0.25) is 0 Å². The maximum absolute atomic E-state index is 5.03. The van der Waals surface area contributed by atoms with Gasteiger partial charge in [0.25, 0.3) is 0 Å². The standard InChI is InChI=1S/C10H15NO/c1-4-11-7-5-10(6-8-11)9(2)12-3/h5-7H,2,4,8H2,1,3H3. The van der Waals surface area contributed by atoms with E-state index < -0.39 is 0 Å². The second kappa shape index (κ2) is 4.00. The van der Waals surface area contributed by atoms with Crippen molar-refractivity contribution >= 4 is 0 Å². The van der Waals surface area contributed by atoms with Gasteiger partial charge in [0.05, 0.1) is 7.11 Å². The zero-order valence-electron chi connectivity index (χ0n) is 7.71. The molecule has 66 valence electrons. The van der Waals surface area contributed by atoms with E-state index >= 15 is 0 Å². The van der Waals surface area contributed by atoms with E-state index in [1.165, 1.54) is 0 Å². The third-order valence-corrected chi connectivity index (χ3v) is 1.99. The molecule has 2 nitrogen and oxygen atoms in total. The fourth-order valence-corrected chi connectivity index (χ4v) is 1.09. The number of likely N-dealkylation sites (N-methyl/N-ethyl adjacent to an activating group) is 1. The fourth-order valence-electron chi connectivity index (χ4n) is 1.09. The van der Waals surface area contributed by atoms with Crippen molar-refractivity contribution in [1.82, 2.24) is 4.90 Å². The van der Waals surface area contributed by atoms with Crippen LogP contribution < -0.4 is 0 Å². The molecule has 0 atom stereocenters. The normalized spacial score (nSPS) is 15.8. The summed E-state index contributed by atoms with van der Waals surface area (Å²) >= 11 is 0. The van der Waals surface area contributed by atoms with Crippen LogP contribution in [-0.4, -0.2) is 25.1 Å². The van der Waals surface area contributed by atoms with Crippen molar-refractivity contribution in [2.75, 3.05) is 20.2 Å². The zero-order valence-corrected chi connectivity index (χ0v) is 7.71. The quantitative estimate of drug-likeness (QED) is 0.592. The number of hydrogen-bond donors (Lipinski definition) is 0. The molecule has 0 bridgehead atoms. The second-order valence-electron chi connectivity index (χ2n) is 2.69. The molecule has 0 radical (unpaired) electrons. The maximum atomic E-state index is 5.03. The van der Waals surface area contributed by atoms with E-state index in [9.17, 15) is 0 Å². The molecule has 0 unspecified atom stereocenters. The van der Waals surface area contributed by atoms with Gasteiger partial charge in [-0.2, -0.15) is 0 Å². The molecule has 0 fully saturated rings. The average Bonchev–Trinajstić information content (AvgIpc) is 2.17. The van der Waals surface area contributed by atoms with Crippen LogP contribution in [-0.2, 0) is 4.74 Å². The van der Waals surface area contributed by atoms with Crippen LogP contribution in [0.15, 0.2) is 36.3 Å². The van der Waals surface area contributed by atoms with E-state index in [1.807, 2.05) is 6.08 Å². The van der Waals surface area contributed by atoms with Gasteiger partial charge in [-0.25, -0.2) is 0 Å². The van der Waals surface area contributed by atoms with E-state index in [0.29, 0.717) is 0 Å². The summed E-state index contributed by atoms with van der Waals surface area (Å²) in [6, 6.07) is 0. The summed E-state index contributed by atoms with van der Waals surface area (Å²) in [4.78, 5) is 2.21. The molecular formula is C10H15NO. The monoisotopic (exact) mass is 165 g/mol. The van der Waals surface area contributed by atoms with Crippen LogP contribution in [0.4, 0.5) is 0 Å². The highest BCUT2D eigenvalue weighted by molar-refractivity contribution is 5.36. The molecule has 12 heavy (non-hydrogen) atoms. The number of ether oxygens (including phenoxy) is 1. The molecule has 1 rings (SSSR count). The lowest BCUT2D eigenvalue weighted by atomic mass is 10.1. The van der Waals surface area contributed by atoms with E-state index in [0.717, 1.165) is 24.4 Å². The summed E-state index contributed by atoms with van der Waals surface area (Å²) in [5.41, 5.74) is 1.09. The van der Waals surface area contributed by atoms with Gasteiger partial charge in [-0.05, 0) is 13.0 Å². The van der Waals surface area contributed by atoms with Crippen molar-refractivity contribution in [3.63, 3.8) is 0 Å². The topological polar surface area (TPSA) is 12.5 Å². The highest BCUT2D eigenvalue weighted by atomic mass is 16.5. The van der Waals surface area contributed by atoms with E-state index in [2.05, 4.69) is 30.7 Å². The minimum absolute atomic E-state index is 0.738. The molecule has 1 aliphatic rings. The van der Waals surface area contributed by atoms with Crippen molar-refractivity contribution in [2.24, 2.45) is 0 Å². The van der Waals surface area contributed by atoms with E-state index in [4.69, 9.17) is 4.74 Å². The van der Waals surface area contributed by atoms with Gasteiger partial charge in [0.15, 0.2) is 0 Å². The third-order valence-electron chi connectivity index (χ3n) is 1.99. The van der Waals surface area contributed by atoms with Gasteiger partial charge >= 0.3 is 0 Å². The molecule has 0 N–H and O–H groups in total. The summed E-state index contributed by atoms with van der Waals surface area (Å²) in [7, 11) is 1.64. The fraction of sp³-hybridized carbons (Fsp3) is 0.400. The summed E-state index contributed by atoms with van der Waals surface area (Å²) in [5, 5.41) is 0. The van der Waals surface area contributed by atoms with Crippen LogP contribution in [0.3, 0.4) is 0 Å². The first kappa shape index (κ1) is 8.91. The first-order chi connectivity index (χ1) is 5.77. The Morgan fingerprint density at radius 3 is 2.92 bits per heavy atom. The van der Waals surface area contributed by atoms with Crippen LogP contribution in [0.25, 0.3) is 0 Å². The molecule has 0 aromatic rings. The molecule has 0 aliphatic carbocycles. The second-order valence-corrected chi connectivity index (χ2v) is 2.69. The third kappa shape index (κ3) is 1.91. The van der Waals surface area contributed by atoms with Gasteiger partial charge in [0.1, 0.15) is 5.76 Å². The molecular weight excluding hydrogens is 150 g/mol. The first-order valence-electron chi connectivity index (χ1n) is 4.13. The number of rotatable bonds is 3. The van der Waals surface area contributed by atoms with Crippen LogP contribution in [0.1, 0.15) is 6.92 Å². The Hall–Kier alpha value is -1.18. The van der Waals surface area contributed by atoms with Gasteiger partial charge in [-0.3, -0.25) is 0 Å². The number of hydrogen-bond acceptors (Lipinski definition) is 2. The largest absolute Gasteiger partial charge is 0.497 e. The Kier molecular flexibility index (Phi) is 2.97. The summed E-state index contributed by atoms with van der Waals surface area (Å²) in [5.74, 6) is 0.738. The minimum atomic E-state index is 0.738. The van der Waals surface area contributed by atoms with Gasteiger partial charge in [0.2, 0.25) is 0 Å². The zero-order chi connectivity index (χ0) is 8.97. The van der Waals surface area contributed by atoms with Gasteiger partial charge in [-0.15, -0.1) is 0 Å². The molecule has 2 heteroatoms. The van der Waals surface area contributed by atoms with Gasteiger partial charge in [0, 0.05) is 24.9 Å². The molecule has 0 aromatic carbocycles. The number of allylic oxidation sites excluding steroid dienone is 1. The number of methoxy groups -OCH3 is 1.